The molecule has 1 aromatic rings. The van der Waals surface area contributed by atoms with Crippen molar-refractivity contribution in [1.29, 1.82) is 0 Å². The van der Waals surface area contributed by atoms with Crippen LogP contribution in [0.5, 0.6) is 0 Å². The van der Waals surface area contributed by atoms with Crippen molar-refractivity contribution in [3.05, 3.63) is 29.8 Å². The van der Waals surface area contributed by atoms with Crippen LogP contribution in [-0.2, 0) is 6.54 Å². The number of hydrogen-bond acceptors (Lipinski definition) is 1. The molecule has 1 N–H and O–H groups in total. The predicted molar refractivity (Wildman–Crippen MR) is 66.8 cm³/mol. The van der Waals surface area contributed by atoms with Crippen molar-refractivity contribution in [1.82, 2.24) is 5.32 Å². The first-order valence-corrected chi connectivity index (χ1v) is 8.85. The molecule has 0 saturated heterocycles. The van der Waals surface area contributed by atoms with Crippen LogP contribution in [-0.4, -0.2) is 14.6 Å². The van der Waals surface area contributed by atoms with Gasteiger partial charge in [0.2, 0.25) is 0 Å². The molecule has 78 valence electrons. The van der Waals surface area contributed by atoms with E-state index in [0.717, 1.165) is 13.1 Å². The summed E-state index contributed by atoms with van der Waals surface area (Å²) in [6, 6.07) is 8.83. The van der Waals surface area contributed by atoms with E-state index in [0.29, 0.717) is 0 Å². The van der Waals surface area contributed by atoms with Gasteiger partial charge in [0.15, 0.2) is 0 Å². The van der Waals surface area contributed by atoms with Crippen LogP contribution in [0.1, 0.15) is 12.5 Å². The quantitative estimate of drug-likeness (QED) is 0.747. The molecule has 0 aromatic heterocycles. The zero-order chi connectivity index (χ0) is 10.6. The van der Waals surface area contributed by atoms with Crippen molar-refractivity contribution >= 4 is 13.3 Å². The minimum atomic E-state index is -1.17. The summed E-state index contributed by atoms with van der Waals surface area (Å²) in [7, 11) is -1.17. The summed E-state index contributed by atoms with van der Waals surface area (Å²) in [6.45, 7) is 11.4. The fraction of sp³-hybridized carbons (Fsp3) is 0.500. The first kappa shape index (κ1) is 11.5. The van der Waals surface area contributed by atoms with Gasteiger partial charge in [0.1, 0.15) is 0 Å². The minimum absolute atomic E-state index is 1.01. The van der Waals surface area contributed by atoms with Crippen molar-refractivity contribution < 1.29 is 0 Å². The van der Waals surface area contributed by atoms with E-state index in [1.807, 2.05) is 0 Å². The van der Waals surface area contributed by atoms with Crippen LogP contribution in [0.4, 0.5) is 0 Å². The zero-order valence-electron chi connectivity index (χ0n) is 9.72. The molecular formula is C12H21NSi. The number of nitrogens with one attached hydrogen (secondary N) is 1. The van der Waals surface area contributed by atoms with Gasteiger partial charge in [0.05, 0.1) is 8.07 Å². The molecule has 0 fully saturated rings. The van der Waals surface area contributed by atoms with Crippen LogP contribution in [0.15, 0.2) is 24.3 Å². The monoisotopic (exact) mass is 207 g/mol. The standard InChI is InChI=1S/C12H21NSi/c1-5-13-10-11-8-6-7-9-12(11)14(2,3)4/h6-9,13H,5,10H2,1-4H3. The fourth-order valence-electron chi connectivity index (χ4n) is 1.67. The molecule has 14 heavy (non-hydrogen) atoms. The van der Waals surface area contributed by atoms with Gasteiger partial charge in [-0.05, 0) is 12.1 Å². The van der Waals surface area contributed by atoms with Crippen LogP contribution in [0, 0.1) is 0 Å². The summed E-state index contributed by atoms with van der Waals surface area (Å²) in [5.41, 5.74) is 1.48. The Morgan fingerprint density at radius 1 is 1.14 bits per heavy atom. The lowest BCUT2D eigenvalue weighted by Crippen LogP contribution is -2.41. The van der Waals surface area contributed by atoms with E-state index in [1.54, 1.807) is 5.19 Å². The SMILES string of the molecule is CCNCc1ccccc1[Si](C)(C)C. The highest BCUT2D eigenvalue weighted by Gasteiger charge is 2.18. The Morgan fingerprint density at radius 2 is 1.79 bits per heavy atom. The third kappa shape index (κ3) is 2.96. The molecule has 1 rings (SSSR count). The van der Waals surface area contributed by atoms with Gasteiger partial charge in [0.25, 0.3) is 0 Å². The average molecular weight is 207 g/mol. The molecule has 1 aromatic carbocycles. The first-order chi connectivity index (χ1) is 6.55. The lowest BCUT2D eigenvalue weighted by Gasteiger charge is -2.21. The molecule has 0 bridgehead atoms. The Bertz CT molecular complexity index is 289. The maximum absolute atomic E-state index is 3.40. The van der Waals surface area contributed by atoms with Crippen LogP contribution < -0.4 is 10.5 Å². The summed E-state index contributed by atoms with van der Waals surface area (Å²) >= 11 is 0. The fourth-order valence-corrected chi connectivity index (χ4v) is 3.40. The molecule has 1 nitrogen and oxygen atoms in total. The molecule has 0 unspecified atom stereocenters. The zero-order valence-corrected chi connectivity index (χ0v) is 10.7. The van der Waals surface area contributed by atoms with E-state index in [-0.39, 0.29) is 0 Å². The van der Waals surface area contributed by atoms with Gasteiger partial charge in [-0.1, -0.05) is 56.0 Å². The molecule has 0 saturated carbocycles. The lowest BCUT2D eigenvalue weighted by atomic mass is 10.2. The van der Waals surface area contributed by atoms with E-state index < -0.39 is 8.07 Å². The molecule has 0 amide bonds. The molecule has 0 heterocycles. The Labute approximate surface area is 88.6 Å². The predicted octanol–water partition coefficient (Wildman–Crippen LogP) is 2.34. The summed E-state index contributed by atoms with van der Waals surface area (Å²) < 4.78 is 0. The highest BCUT2D eigenvalue weighted by atomic mass is 28.3. The minimum Gasteiger partial charge on any atom is -0.313 e. The van der Waals surface area contributed by atoms with Gasteiger partial charge in [-0.15, -0.1) is 0 Å². The van der Waals surface area contributed by atoms with Crippen molar-refractivity contribution in [2.24, 2.45) is 0 Å². The summed E-state index contributed by atoms with van der Waals surface area (Å²) in [4.78, 5) is 0. The molecule has 0 atom stereocenters. The van der Waals surface area contributed by atoms with Crippen molar-refractivity contribution in [3.63, 3.8) is 0 Å². The third-order valence-corrected chi connectivity index (χ3v) is 4.49. The molecule has 0 aliphatic heterocycles. The molecule has 0 spiro atoms. The molecule has 0 radical (unpaired) electrons. The van der Waals surface area contributed by atoms with Crippen LogP contribution in [0.3, 0.4) is 0 Å². The van der Waals surface area contributed by atoms with E-state index in [9.17, 15) is 0 Å². The average Bonchev–Trinajstić information content (AvgIpc) is 2.14. The van der Waals surface area contributed by atoms with E-state index in [1.165, 1.54) is 5.56 Å². The van der Waals surface area contributed by atoms with Crippen molar-refractivity contribution in [3.8, 4) is 0 Å². The van der Waals surface area contributed by atoms with Gasteiger partial charge in [-0.25, -0.2) is 0 Å². The summed E-state index contributed by atoms with van der Waals surface area (Å²) in [5, 5.41) is 4.98. The Balaban J connectivity index is 2.92. The third-order valence-electron chi connectivity index (χ3n) is 2.39. The van der Waals surface area contributed by atoms with Gasteiger partial charge in [-0.3, -0.25) is 0 Å². The summed E-state index contributed by atoms with van der Waals surface area (Å²) in [5.74, 6) is 0. The second-order valence-corrected chi connectivity index (χ2v) is 9.73. The van der Waals surface area contributed by atoms with E-state index in [2.05, 4.69) is 56.1 Å². The molecule has 2 heteroatoms. The van der Waals surface area contributed by atoms with Crippen LogP contribution >= 0.6 is 0 Å². The largest absolute Gasteiger partial charge is 0.313 e. The maximum atomic E-state index is 3.40. The van der Waals surface area contributed by atoms with Gasteiger partial charge in [-0.2, -0.15) is 0 Å². The normalized spacial score (nSPS) is 11.7. The van der Waals surface area contributed by atoms with Gasteiger partial charge in [0, 0.05) is 6.54 Å². The highest BCUT2D eigenvalue weighted by Crippen LogP contribution is 2.06. The van der Waals surface area contributed by atoms with Gasteiger partial charge >= 0.3 is 0 Å². The number of hydrogen-bond donors (Lipinski definition) is 1. The smallest absolute Gasteiger partial charge is 0.0780 e. The molecule has 0 aliphatic carbocycles. The van der Waals surface area contributed by atoms with Crippen LogP contribution in [0.2, 0.25) is 19.6 Å². The first-order valence-electron chi connectivity index (χ1n) is 5.35. The lowest BCUT2D eigenvalue weighted by molar-refractivity contribution is 0.729. The second-order valence-electron chi connectivity index (χ2n) is 4.69. The summed E-state index contributed by atoms with van der Waals surface area (Å²) in [6.07, 6.45) is 0. The number of rotatable bonds is 4. The van der Waals surface area contributed by atoms with E-state index >= 15 is 0 Å². The highest BCUT2D eigenvalue weighted by molar-refractivity contribution is 6.89. The Morgan fingerprint density at radius 3 is 2.36 bits per heavy atom. The Hall–Kier alpha value is -0.603. The number of benzene rings is 1. The van der Waals surface area contributed by atoms with Crippen molar-refractivity contribution in [2.75, 3.05) is 6.54 Å². The van der Waals surface area contributed by atoms with Crippen molar-refractivity contribution in [2.45, 2.75) is 33.1 Å². The Kier molecular flexibility index (Phi) is 3.90. The van der Waals surface area contributed by atoms with E-state index in [4.69, 9.17) is 0 Å². The topological polar surface area (TPSA) is 12.0 Å². The maximum Gasteiger partial charge on any atom is 0.0780 e. The molecular weight excluding hydrogens is 186 g/mol. The van der Waals surface area contributed by atoms with Crippen LogP contribution in [0.25, 0.3) is 0 Å². The second kappa shape index (κ2) is 4.76. The van der Waals surface area contributed by atoms with Gasteiger partial charge < -0.3 is 5.32 Å². The molecule has 0 aliphatic rings.